The van der Waals surface area contributed by atoms with E-state index in [4.69, 9.17) is 0 Å². The molecule has 1 heterocycles. The van der Waals surface area contributed by atoms with Crippen LogP contribution in [0.4, 0.5) is 0 Å². The molecule has 116 valence electrons. The Balaban J connectivity index is 1.98. The summed E-state index contributed by atoms with van der Waals surface area (Å²) in [7, 11) is 0. The van der Waals surface area contributed by atoms with Crippen LogP contribution in [0.2, 0.25) is 0 Å². The molecule has 1 saturated heterocycles. The Bertz CT molecular complexity index is 429. The fourth-order valence-electron chi connectivity index (χ4n) is 2.91. The third-order valence-corrected chi connectivity index (χ3v) is 4.39. The zero-order valence-electron chi connectivity index (χ0n) is 13.5. The summed E-state index contributed by atoms with van der Waals surface area (Å²) >= 11 is 0. The average molecular weight is 288 g/mol. The number of rotatable bonds is 5. The van der Waals surface area contributed by atoms with Gasteiger partial charge in [0.25, 0.3) is 5.91 Å². The van der Waals surface area contributed by atoms with Gasteiger partial charge in [-0.05, 0) is 43.6 Å². The molecular formula is C18H28N2O. The van der Waals surface area contributed by atoms with Crippen LogP contribution < -0.4 is 0 Å². The first-order valence-electron chi connectivity index (χ1n) is 8.35. The maximum absolute atomic E-state index is 12.5. The number of nitrogens with zero attached hydrogens (tertiary/aromatic N) is 2. The van der Waals surface area contributed by atoms with Crippen molar-refractivity contribution in [1.82, 2.24) is 9.80 Å². The maximum atomic E-state index is 12.5. The highest BCUT2D eigenvalue weighted by Gasteiger charge is 2.17. The van der Waals surface area contributed by atoms with Crippen LogP contribution in [0.3, 0.4) is 0 Å². The summed E-state index contributed by atoms with van der Waals surface area (Å²) in [6.45, 7) is 9.28. The third kappa shape index (κ3) is 4.57. The quantitative estimate of drug-likeness (QED) is 0.827. The van der Waals surface area contributed by atoms with Crippen LogP contribution in [-0.4, -0.2) is 41.9 Å². The van der Waals surface area contributed by atoms with Gasteiger partial charge in [-0.15, -0.1) is 0 Å². The van der Waals surface area contributed by atoms with Crippen molar-refractivity contribution in [2.75, 3.05) is 26.2 Å². The van der Waals surface area contributed by atoms with Gasteiger partial charge < -0.3 is 4.90 Å². The predicted molar refractivity (Wildman–Crippen MR) is 87.4 cm³/mol. The van der Waals surface area contributed by atoms with Gasteiger partial charge in [0, 0.05) is 25.2 Å². The standard InChI is InChI=1S/C18H28N2O/c1-3-19(4-2)15-16-9-11-17(12-10-16)18(21)20-13-7-5-6-8-14-20/h9-12H,3-8,13-15H2,1-2H3. The number of amides is 1. The van der Waals surface area contributed by atoms with E-state index in [1.807, 2.05) is 17.0 Å². The van der Waals surface area contributed by atoms with Gasteiger partial charge in [-0.2, -0.15) is 0 Å². The lowest BCUT2D eigenvalue weighted by Crippen LogP contribution is -2.31. The fourth-order valence-corrected chi connectivity index (χ4v) is 2.91. The van der Waals surface area contributed by atoms with Gasteiger partial charge in [0.1, 0.15) is 0 Å². The molecule has 0 N–H and O–H groups in total. The van der Waals surface area contributed by atoms with Crippen molar-refractivity contribution in [2.24, 2.45) is 0 Å². The third-order valence-electron chi connectivity index (χ3n) is 4.39. The maximum Gasteiger partial charge on any atom is 0.253 e. The van der Waals surface area contributed by atoms with Gasteiger partial charge in [0.2, 0.25) is 0 Å². The second kappa shape index (κ2) is 8.18. The fraction of sp³-hybridized carbons (Fsp3) is 0.611. The van der Waals surface area contributed by atoms with E-state index in [1.54, 1.807) is 0 Å². The number of benzene rings is 1. The van der Waals surface area contributed by atoms with Gasteiger partial charge in [0.05, 0.1) is 0 Å². The molecule has 1 aromatic rings. The summed E-state index contributed by atoms with van der Waals surface area (Å²) in [5.41, 5.74) is 2.12. The average Bonchev–Trinajstić information content (AvgIpc) is 2.81. The Morgan fingerprint density at radius 2 is 1.57 bits per heavy atom. The van der Waals surface area contributed by atoms with Crippen LogP contribution in [0.5, 0.6) is 0 Å². The molecule has 0 radical (unpaired) electrons. The Labute approximate surface area is 128 Å². The molecule has 2 rings (SSSR count). The van der Waals surface area contributed by atoms with E-state index in [-0.39, 0.29) is 5.91 Å². The molecule has 0 aromatic heterocycles. The molecule has 0 saturated carbocycles. The van der Waals surface area contributed by atoms with E-state index >= 15 is 0 Å². The van der Waals surface area contributed by atoms with Crippen molar-refractivity contribution in [3.63, 3.8) is 0 Å². The van der Waals surface area contributed by atoms with Crippen LogP contribution in [0.25, 0.3) is 0 Å². The van der Waals surface area contributed by atoms with Crippen molar-refractivity contribution in [1.29, 1.82) is 0 Å². The predicted octanol–water partition coefficient (Wildman–Crippen LogP) is 3.54. The molecule has 0 aliphatic carbocycles. The van der Waals surface area contributed by atoms with Crippen molar-refractivity contribution >= 4 is 5.91 Å². The number of hydrogen-bond acceptors (Lipinski definition) is 2. The van der Waals surface area contributed by atoms with Gasteiger partial charge in [-0.3, -0.25) is 9.69 Å². The van der Waals surface area contributed by atoms with Crippen molar-refractivity contribution in [2.45, 2.75) is 46.1 Å². The summed E-state index contributed by atoms with van der Waals surface area (Å²) in [4.78, 5) is 16.9. The SMILES string of the molecule is CCN(CC)Cc1ccc(C(=O)N2CCCCCC2)cc1. The first-order valence-corrected chi connectivity index (χ1v) is 8.35. The number of carbonyl (C=O) groups is 1. The van der Waals surface area contributed by atoms with E-state index in [0.29, 0.717) is 0 Å². The second-order valence-electron chi connectivity index (χ2n) is 5.86. The zero-order valence-corrected chi connectivity index (χ0v) is 13.5. The number of carbonyl (C=O) groups excluding carboxylic acids is 1. The monoisotopic (exact) mass is 288 g/mol. The lowest BCUT2D eigenvalue weighted by Gasteiger charge is -2.21. The van der Waals surface area contributed by atoms with Crippen LogP contribution in [0.1, 0.15) is 55.5 Å². The molecule has 0 atom stereocenters. The number of hydrogen-bond donors (Lipinski definition) is 0. The largest absolute Gasteiger partial charge is 0.339 e. The molecule has 3 heteroatoms. The van der Waals surface area contributed by atoms with Gasteiger partial charge in [0.15, 0.2) is 0 Å². The molecule has 1 aliphatic heterocycles. The van der Waals surface area contributed by atoms with Crippen LogP contribution >= 0.6 is 0 Å². The smallest absolute Gasteiger partial charge is 0.253 e. The van der Waals surface area contributed by atoms with E-state index in [0.717, 1.165) is 51.1 Å². The molecule has 1 amide bonds. The Morgan fingerprint density at radius 1 is 1.00 bits per heavy atom. The zero-order chi connectivity index (χ0) is 15.1. The Kier molecular flexibility index (Phi) is 6.24. The summed E-state index contributed by atoms with van der Waals surface area (Å²) in [6, 6.07) is 8.19. The Hall–Kier alpha value is -1.35. The van der Waals surface area contributed by atoms with E-state index in [2.05, 4.69) is 30.9 Å². The van der Waals surface area contributed by atoms with Crippen molar-refractivity contribution in [3.05, 3.63) is 35.4 Å². The van der Waals surface area contributed by atoms with Crippen molar-refractivity contribution < 1.29 is 4.79 Å². The molecule has 0 bridgehead atoms. The summed E-state index contributed by atoms with van der Waals surface area (Å²) in [6.07, 6.45) is 4.80. The summed E-state index contributed by atoms with van der Waals surface area (Å²) in [5.74, 6) is 0.200. The highest BCUT2D eigenvalue weighted by atomic mass is 16.2. The molecular weight excluding hydrogens is 260 g/mol. The minimum absolute atomic E-state index is 0.200. The van der Waals surface area contributed by atoms with Gasteiger partial charge in [-0.1, -0.05) is 38.8 Å². The number of likely N-dealkylation sites (tertiary alicyclic amines) is 1. The van der Waals surface area contributed by atoms with Crippen LogP contribution in [-0.2, 0) is 6.54 Å². The molecule has 1 aromatic carbocycles. The summed E-state index contributed by atoms with van der Waals surface area (Å²) < 4.78 is 0. The molecule has 0 unspecified atom stereocenters. The highest BCUT2D eigenvalue weighted by molar-refractivity contribution is 5.94. The van der Waals surface area contributed by atoms with Gasteiger partial charge >= 0.3 is 0 Å². The normalized spacial score (nSPS) is 16.0. The van der Waals surface area contributed by atoms with E-state index in [9.17, 15) is 4.79 Å². The molecule has 0 spiro atoms. The second-order valence-corrected chi connectivity index (χ2v) is 5.86. The Morgan fingerprint density at radius 3 is 2.10 bits per heavy atom. The van der Waals surface area contributed by atoms with Crippen LogP contribution in [0.15, 0.2) is 24.3 Å². The van der Waals surface area contributed by atoms with Crippen molar-refractivity contribution in [3.8, 4) is 0 Å². The first kappa shape index (κ1) is 16.0. The topological polar surface area (TPSA) is 23.6 Å². The summed E-state index contributed by atoms with van der Waals surface area (Å²) in [5, 5.41) is 0. The minimum Gasteiger partial charge on any atom is -0.339 e. The molecule has 1 aliphatic rings. The first-order chi connectivity index (χ1) is 10.2. The van der Waals surface area contributed by atoms with E-state index in [1.165, 1.54) is 18.4 Å². The minimum atomic E-state index is 0.200. The molecule has 21 heavy (non-hydrogen) atoms. The van der Waals surface area contributed by atoms with E-state index < -0.39 is 0 Å². The lowest BCUT2D eigenvalue weighted by atomic mass is 10.1. The highest BCUT2D eigenvalue weighted by Crippen LogP contribution is 2.14. The van der Waals surface area contributed by atoms with Gasteiger partial charge in [-0.25, -0.2) is 0 Å². The molecule has 3 nitrogen and oxygen atoms in total. The lowest BCUT2D eigenvalue weighted by molar-refractivity contribution is 0.0761. The molecule has 1 fully saturated rings. The van der Waals surface area contributed by atoms with Crippen LogP contribution in [0, 0.1) is 0 Å².